The van der Waals surface area contributed by atoms with Crippen molar-refractivity contribution in [1.29, 1.82) is 0 Å². The van der Waals surface area contributed by atoms with Crippen molar-refractivity contribution in [2.45, 2.75) is 51.1 Å². The smallest absolute Gasteiger partial charge is 0.243 e. The molecule has 2 heterocycles. The molecule has 0 aliphatic carbocycles. The van der Waals surface area contributed by atoms with Gasteiger partial charge in [0.25, 0.3) is 0 Å². The minimum atomic E-state index is -3.43. The lowest BCUT2D eigenvalue weighted by Crippen LogP contribution is -2.36. The molecule has 1 aromatic carbocycles. The Labute approximate surface area is 177 Å². The zero-order valence-corrected chi connectivity index (χ0v) is 18.7. The van der Waals surface area contributed by atoms with E-state index < -0.39 is 10.0 Å². The number of aliphatic imine (C=N–C) groups is 1. The number of benzene rings is 1. The molecule has 158 valence electrons. The van der Waals surface area contributed by atoms with E-state index in [1.807, 2.05) is 26.1 Å². The lowest BCUT2D eigenvalue weighted by molar-refractivity contribution is 0.346. The number of aromatic nitrogens is 1. The highest BCUT2D eigenvalue weighted by Crippen LogP contribution is 2.21. The van der Waals surface area contributed by atoms with Crippen molar-refractivity contribution in [3.05, 3.63) is 45.9 Å². The second-order valence-corrected chi connectivity index (χ2v) is 10.3. The molecule has 0 atom stereocenters. The van der Waals surface area contributed by atoms with Crippen LogP contribution in [0.3, 0.4) is 0 Å². The van der Waals surface area contributed by atoms with Gasteiger partial charge < -0.3 is 10.6 Å². The summed E-state index contributed by atoms with van der Waals surface area (Å²) < 4.78 is 27.4. The van der Waals surface area contributed by atoms with Crippen molar-refractivity contribution in [2.75, 3.05) is 19.6 Å². The first-order chi connectivity index (χ1) is 14.0. The van der Waals surface area contributed by atoms with E-state index in [0.29, 0.717) is 37.0 Å². The van der Waals surface area contributed by atoms with Crippen molar-refractivity contribution < 1.29 is 8.42 Å². The van der Waals surface area contributed by atoms with Crippen LogP contribution < -0.4 is 10.6 Å². The summed E-state index contributed by atoms with van der Waals surface area (Å²) in [5, 5.41) is 7.50. The lowest BCUT2D eigenvalue weighted by atomic mass is 10.2. The van der Waals surface area contributed by atoms with Gasteiger partial charge in [-0.2, -0.15) is 4.31 Å². The Morgan fingerprint density at radius 1 is 1.24 bits per heavy atom. The summed E-state index contributed by atoms with van der Waals surface area (Å²) in [6.07, 6.45) is 4.82. The van der Waals surface area contributed by atoms with Crippen molar-refractivity contribution in [1.82, 2.24) is 19.9 Å². The van der Waals surface area contributed by atoms with Gasteiger partial charge >= 0.3 is 0 Å². The molecule has 2 N–H and O–H groups in total. The predicted octanol–water partition coefficient (Wildman–Crippen LogP) is 2.88. The molecule has 29 heavy (non-hydrogen) atoms. The second kappa shape index (κ2) is 10.2. The number of piperidine rings is 1. The normalized spacial score (nSPS) is 16.0. The van der Waals surface area contributed by atoms with E-state index in [-0.39, 0.29) is 0 Å². The van der Waals surface area contributed by atoms with E-state index in [1.165, 1.54) is 4.88 Å². The third-order valence-corrected chi connectivity index (χ3v) is 7.50. The third kappa shape index (κ3) is 6.01. The molecule has 2 aromatic rings. The molecule has 0 unspecified atom stereocenters. The quantitative estimate of drug-likeness (QED) is 0.516. The van der Waals surface area contributed by atoms with Gasteiger partial charge in [0.2, 0.25) is 10.0 Å². The first kappa shape index (κ1) is 21.7. The van der Waals surface area contributed by atoms with Crippen LogP contribution in [0.2, 0.25) is 0 Å². The van der Waals surface area contributed by atoms with Crippen LogP contribution in [0, 0.1) is 6.92 Å². The van der Waals surface area contributed by atoms with E-state index in [0.717, 1.165) is 36.4 Å². The van der Waals surface area contributed by atoms with E-state index in [4.69, 9.17) is 0 Å². The van der Waals surface area contributed by atoms with Gasteiger partial charge in [-0.15, -0.1) is 11.3 Å². The zero-order valence-electron chi connectivity index (χ0n) is 17.0. The van der Waals surface area contributed by atoms with Crippen LogP contribution in [0.1, 0.15) is 41.6 Å². The summed E-state index contributed by atoms with van der Waals surface area (Å²) >= 11 is 1.65. The van der Waals surface area contributed by atoms with Gasteiger partial charge in [0.05, 0.1) is 18.0 Å². The Morgan fingerprint density at radius 2 is 2.03 bits per heavy atom. The van der Waals surface area contributed by atoms with E-state index >= 15 is 0 Å². The van der Waals surface area contributed by atoms with Gasteiger partial charge in [0, 0.05) is 30.7 Å². The SMILES string of the molecule is CCNC(=NCc1cccc(S(=O)(=O)N2CCCCC2)c1)NCc1ncc(C)s1. The Balaban J connectivity index is 1.68. The average Bonchev–Trinajstić information content (AvgIpc) is 3.16. The highest BCUT2D eigenvalue weighted by molar-refractivity contribution is 7.89. The number of hydrogen-bond donors (Lipinski definition) is 2. The lowest BCUT2D eigenvalue weighted by Gasteiger charge is -2.26. The van der Waals surface area contributed by atoms with Gasteiger partial charge in [-0.05, 0) is 44.4 Å². The van der Waals surface area contributed by atoms with Gasteiger partial charge in [-0.1, -0.05) is 18.6 Å². The fourth-order valence-corrected chi connectivity index (χ4v) is 5.53. The van der Waals surface area contributed by atoms with Crippen LogP contribution in [-0.4, -0.2) is 43.3 Å². The standard InChI is InChI=1S/C20H29N5O2S2/c1-3-21-20(24-15-19-22-13-16(2)28-19)23-14-17-8-7-9-18(12-17)29(26,27)25-10-5-4-6-11-25/h7-9,12-13H,3-6,10-11,14-15H2,1-2H3,(H2,21,23,24). The van der Waals surface area contributed by atoms with E-state index in [1.54, 1.807) is 33.8 Å². The monoisotopic (exact) mass is 435 g/mol. The minimum absolute atomic E-state index is 0.350. The topological polar surface area (TPSA) is 86.7 Å². The molecule has 0 amide bonds. The molecule has 1 saturated heterocycles. The molecule has 9 heteroatoms. The zero-order chi connectivity index (χ0) is 20.7. The van der Waals surface area contributed by atoms with Crippen LogP contribution in [-0.2, 0) is 23.1 Å². The Morgan fingerprint density at radius 3 is 2.72 bits per heavy atom. The maximum atomic E-state index is 12.9. The number of nitrogens with zero attached hydrogens (tertiary/aromatic N) is 3. The third-order valence-electron chi connectivity index (χ3n) is 4.69. The first-order valence-electron chi connectivity index (χ1n) is 10.0. The molecule has 0 bridgehead atoms. The number of thiazole rings is 1. The second-order valence-electron chi connectivity index (χ2n) is 7.03. The number of hydrogen-bond acceptors (Lipinski definition) is 5. The van der Waals surface area contributed by atoms with Gasteiger partial charge in [-0.25, -0.2) is 18.4 Å². The van der Waals surface area contributed by atoms with Crippen LogP contribution in [0.5, 0.6) is 0 Å². The van der Waals surface area contributed by atoms with Gasteiger partial charge in [0.1, 0.15) is 5.01 Å². The maximum Gasteiger partial charge on any atom is 0.243 e. The summed E-state index contributed by atoms with van der Waals surface area (Å²) in [7, 11) is -3.43. The summed E-state index contributed by atoms with van der Waals surface area (Å²) in [5.41, 5.74) is 0.866. The van der Waals surface area contributed by atoms with Crippen LogP contribution in [0.15, 0.2) is 40.4 Å². The van der Waals surface area contributed by atoms with Gasteiger partial charge in [-0.3, -0.25) is 0 Å². The molecule has 1 aliphatic heterocycles. The van der Waals surface area contributed by atoms with Crippen molar-refractivity contribution in [3.8, 4) is 0 Å². The van der Waals surface area contributed by atoms with Crippen LogP contribution in [0.4, 0.5) is 0 Å². The van der Waals surface area contributed by atoms with Gasteiger partial charge in [0.15, 0.2) is 5.96 Å². The molecule has 0 radical (unpaired) electrons. The predicted molar refractivity (Wildman–Crippen MR) is 118 cm³/mol. The van der Waals surface area contributed by atoms with Crippen LogP contribution >= 0.6 is 11.3 Å². The van der Waals surface area contributed by atoms with Crippen molar-refractivity contribution in [3.63, 3.8) is 0 Å². The highest BCUT2D eigenvalue weighted by atomic mass is 32.2. The fourth-order valence-electron chi connectivity index (χ4n) is 3.21. The summed E-state index contributed by atoms with van der Waals surface area (Å²) in [5.74, 6) is 0.685. The number of sulfonamides is 1. The summed E-state index contributed by atoms with van der Waals surface area (Å²) in [6.45, 7) is 7.00. The van der Waals surface area contributed by atoms with Crippen molar-refractivity contribution >= 4 is 27.3 Å². The molecule has 0 spiro atoms. The molecule has 3 rings (SSSR count). The van der Waals surface area contributed by atoms with Crippen LogP contribution in [0.25, 0.3) is 0 Å². The molecule has 1 fully saturated rings. The average molecular weight is 436 g/mol. The fraction of sp³-hybridized carbons (Fsp3) is 0.500. The largest absolute Gasteiger partial charge is 0.357 e. The molecule has 1 aromatic heterocycles. The number of nitrogens with one attached hydrogen (secondary N) is 2. The molecule has 1 aliphatic rings. The summed E-state index contributed by atoms with van der Waals surface area (Å²) in [4.78, 5) is 10.5. The van der Waals surface area contributed by atoms with E-state index in [9.17, 15) is 8.42 Å². The first-order valence-corrected chi connectivity index (χ1v) is 12.3. The molecular formula is C20H29N5O2S2. The molecule has 7 nitrogen and oxygen atoms in total. The molecule has 0 saturated carbocycles. The Bertz CT molecular complexity index is 934. The number of guanidine groups is 1. The Hall–Kier alpha value is -1.97. The van der Waals surface area contributed by atoms with Crippen molar-refractivity contribution in [2.24, 2.45) is 4.99 Å². The number of aryl methyl sites for hydroxylation is 1. The Kier molecular flexibility index (Phi) is 7.63. The maximum absolute atomic E-state index is 12.9. The molecular weight excluding hydrogens is 406 g/mol. The number of rotatable bonds is 7. The summed E-state index contributed by atoms with van der Waals surface area (Å²) in [6, 6.07) is 7.11. The minimum Gasteiger partial charge on any atom is -0.357 e. The highest BCUT2D eigenvalue weighted by Gasteiger charge is 2.25. The van der Waals surface area contributed by atoms with E-state index in [2.05, 4.69) is 20.6 Å².